The van der Waals surface area contributed by atoms with Crippen molar-refractivity contribution in [2.75, 3.05) is 11.9 Å². The second kappa shape index (κ2) is 8.33. The average molecular weight is 382 g/mol. The Kier molecular flexibility index (Phi) is 5.87. The highest BCUT2D eigenvalue weighted by molar-refractivity contribution is 5.83. The lowest BCUT2D eigenvalue weighted by atomic mass is 10.0. The van der Waals surface area contributed by atoms with Crippen molar-refractivity contribution in [3.8, 4) is 11.4 Å². The van der Waals surface area contributed by atoms with E-state index in [9.17, 15) is 9.59 Å². The molecule has 0 unspecified atom stereocenters. The number of nitrogens with two attached hydrogens (primary N) is 1. The van der Waals surface area contributed by atoms with Crippen LogP contribution in [0.2, 0.25) is 0 Å². The largest absolute Gasteiger partial charge is 0.368 e. The zero-order valence-electron chi connectivity index (χ0n) is 16.5. The van der Waals surface area contributed by atoms with Gasteiger partial charge in [0.25, 0.3) is 0 Å². The first-order chi connectivity index (χ1) is 13.3. The highest BCUT2D eigenvalue weighted by atomic mass is 16.2. The highest BCUT2D eigenvalue weighted by Crippen LogP contribution is 2.28. The summed E-state index contributed by atoms with van der Waals surface area (Å²) in [5, 5.41) is 3.25. The number of pyridine rings is 1. The van der Waals surface area contributed by atoms with Gasteiger partial charge in [-0.15, -0.1) is 0 Å². The summed E-state index contributed by atoms with van der Waals surface area (Å²) < 4.78 is 0. The molecule has 1 aliphatic heterocycles. The molecule has 1 atom stereocenters. The fourth-order valence-corrected chi connectivity index (χ4v) is 3.33. The number of hydrogen-bond donors (Lipinski definition) is 2. The molecule has 0 radical (unpaired) electrons. The van der Waals surface area contributed by atoms with E-state index in [1.807, 2.05) is 26.0 Å². The van der Waals surface area contributed by atoms with E-state index in [1.165, 1.54) is 0 Å². The maximum absolute atomic E-state index is 12.0. The number of amides is 2. The lowest BCUT2D eigenvalue weighted by Crippen LogP contribution is -2.39. The third-order valence-electron chi connectivity index (χ3n) is 4.81. The smallest absolute Gasteiger partial charge is 0.239 e. The van der Waals surface area contributed by atoms with Crippen molar-refractivity contribution >= 4 is 17.6 Å². The number of rotatable bonds is 6. The van der Waals surface area contributed by atoms with Gasteiger partial charge in [-0.05, 0) is 30.9 Å². The van der Waals surface area contributed by atoms with Gasteiger partial charge in [0.05, 0.1) is 12.2 Å². The Morgan fingerprint density at radius 3 is 2.57 bits per heavy atom. The summed E-state index contributed by atoms with van der Waals surface area (Å²) in [5.74, 6) is 1.05. The van der Waals surface area contributed by atoms with Crippen LogP contribution in [0.25, 0.3) is 11.4 Å². The monoisotopic (exact) mass is 382 g/mol. The Labute approximate surface area is 164 Å². The minimum Gasteiger partial charge on any atom is -0.368 e. The van der Waals surface area contributed by atoms with E-state index in [0.29, 0.717) is 43.5 Å². The van der Waals surface area contributed by atoms with E-state index in [1.54, 1.807) is 24.2 Å². The molecule has 28 heavy (non-hydrogen) atoms. The average Bonchev–Trinajstić information content (AvgIpc) is 2.67. The van der Waals surface area contributed by atoms with Gasteiger partial charge in [-0.3, -0.25) is 14.6 Å². The van der Waals surface area contributed by atoms with Crippen molar-refractivity contribution in [2.45, 2.75) is 46.2 Å². The van der Waals surface area contributed by atoms with Crippen molar-refractivity contribution in [3.63, 3.8) is 0 Å². The number of carbonyl (C=O) groups is 2. The first kappa shape index (κ1) is 19.7. The Morgan fingerprint density at radius 2 is 1.96 bits per heavy atom. The molecule has 148 valence electrons. The van der Waals surface area contributed by atoms with Crippen LogP contribution >= 0.6 is 0 Å². The normalized spacial score (nSPS) is 14.5. The van der Waals surface area contributed by atoms with Crippen molar-refractivity contribution in [1.82, 2.24) is 19.9 Å². The highest BCUT2D eigenvalue weighted by Gasteiger charge is 2.26. The number of anilines is 1. The SMILES string of the molecule is CC(=O)N1CCc2c(nc(-c3ccncc3)nc2N[C@H](CC(C)C)C(N)=O)C1. The van der Waals surface area contributed by atoms with E-state index in [0.717, 1.165) is 16.8 Å². The maximum Gasteiger partial charge on any atom is 0.239 e. The standard InChI is InChI=1S/C20H26N6O2/c1-12(2)10-16(18(21)28)23-20-15-6-9-26(13(3)27)11-17(15)24-19(25-20)14-4-7-22-8-5-14/h4-5,7-8,12,16H,6,9-11H2,1-3H3,(H2,21,28)(H,23,24,25)/t16-/m1/s1. The molecule has 8 heteroatoms. The van der Waals surface area contributed by atoms with Gasteiger partial charge in [0.1, 0.15) is 11.9 Å². The molecule has 0 saturated heterocycles. The molecule has 0 aromatic carbocycles. The molecular weight excluding hydrogens is 356 g/mol. The number of primary amides is 1. The summed E-state index contributed by atoms with van der Waals surface area (Å²) in [4.78, 5) is 39.0. The topological polar surface area (TPSA) is 114 Å². The number of aromatic nitrogens is 3. The van der Waals surface area contributed by atoms with Gasteiger partial charge in [0, 0.05) is 37.0 Å². The van der Waals surface area contributed by atoms with E-state index in [-0.39, 0.29) is 5.91 Å². The van der Waals surface area contributed by atoms with Crippen LogP contribution in [0.15, 0.2) is 24.5 Å². The van der Waals surface area contributed by atoms with Crippen LogP contribution in [-0.2, 0) is 22.6 Å². The van der Waals surface area contributed by atoms with Crippen LogP contribution in [0, 0.1) is 5.92 Å². The molecule has 0 fully saturated rings. The summed E-state index contributed by atoms with van der Waals surface area (Å²) in [6, 6.07) is 3.14. The minimum absolute atomic E-state index is 0.0130. The fraction of sp³-hybridized carbons (Fsp3) is 0.450. The summed E-state index contributed by atoms with van der Waals surface area (Å²) >= 11 is 0. The quantitative estimate of drug-likeness (QED) is 0.787. The molecule has 8 nitrogen and oxygen atoms in total. The second-order valence-corrected chi connectivity index (χ2v) is 7.48. The summed E-state index contributed by atoms with van der Waals surface area (Å²) in [6.07, 6.45) is 4.59. The molecule has 2 aromatic heterocycles. The number of fused-ring (bicyclic) bond motifs is 1. The van der Waals surface area contributed by atoms with Gasteiger partial charge in [0.2, 0.25) is 11.8 Å². The summed E-state index contributed by atoms with van der Waals surface area (Å²) in [6.45, 7) is 6.66. The fourth-order valence-electron chi connectivity index (χ4n) is 3.33. The molecule has 3 heterocycles. The lowest BCUT2D eigenvalue weighted by molar-refractivity contribution is -0.129. The molecule has 2 amide bonds. The van der Waals surface area contributed by atoms with E-state index in [4.69, 9.17) is 15.7 Å². The van der Waals surface area contributed by atoms with Gasteiger partial charge >= 0.3 is 0 Å². The molecule has 3 rings (SSSR count). The Hall–Kier alpha value is -3.03. The Morgan fingerprint density at radius 1 is 1.25 bits per heavy atom. The molecule has 0 spiro atoms. The van der Waals surface area contributed by atoms with Gasteiger partial charge < -0.3 is 16.0 Å². The summed E-state index contributed by atoms with van der Waals surface area (Å²) in [7, 11) is 0. The molecule has 2 aromatic rings. The molecule has 3 N–H and O–H groups in total. The molecule has 0 saturated carbocycles. The van der Waals surface area contributed by atoms with Crippen LogP contribution in [0.3, 0.4) is 0 Å². The second-order valence-electron chi connectivity index (χ2n) is 7.48. The zero-order valence-corrected chi connectivity index (χ0v) is 16.5. The van der Waals surface area contributed by atoms with Crippen LogP contribution in [0.5, 0.6) is 0 Å². The lowest BCUT2D eigenvalue weighted by Gasteiger charge is -2.29. The summed E-state index contributed by atoms with van der Waals surface area (Å²) in [5.41, 5.74) is 8.16. The third-order valence-corrected chi connectivity index (χ3v) is 4.81. The van der Waals surface area contributed by atoms with Crippen LogP contribution in [-0.4, -0.2) is 44.3 Å². The number of nitrogens with zero attached hydrogens (tertiary/aromatic N) is 4. The van der Waals surface area contributed by atoms with Gasteiger partial charge in [-0.1, -0.05) is 13.8 Å². The number of carbonyl (C=O) groups excluding carboxylic acids is 2. The van der Waals surface area contributed by atoms with Gasteiger partial charge in [0.15, 0.2) is 5.82 Å². The number of hydrogen-bond acceptors (Lipinski definition) is 6. The maximum atomic E-state index is 12.0. The molecule has 0 bridgehead atoms. The molecular formula is C20H26N6O2. The molecule has 1 aliphatic rings. The predicted octanol–water partition coefficient (Wildman–Crippen LogP) is 1.76. The first-order valence-corrected chi connectivity index (χ1v) is 9.46. The van der Waals surface area contributed by atoms with Crippen LogP contribution in [0.1, 0.15) is 38.4 Å². The van der Waals surface area contributed by atoms with E-state index < -0.39 is 11.9 Å². The Balaban J connectivity index is 2.03. The first-order valence-electron chi connectivity index (χ1n) is 9.46. The van der Waals surface area contributed by atoms with Gasteiger partial charge in [-0.2, -0.15) is 0 Å². The number of nitrogens with one attached hydrogen (secondary N) is 1. The van der Waals surface area contributed by atoms with E-state index >= 15 is 0 Å². The van der Waals surface area contributed by atoms with Crippen molar-refractivity contribution in [1.29, 1.82) is 0 Å². The van der Waals surface area contributed by atoms with Crippen molar-refractivity contribution in [3.05, 3.63) is 35.8 Å². The van der Waals surface area contributed by atoms with Gasteiger partial charge in [-0.25, -0.2) is 9.97 Å². The zero-order chi connectivity index (χ0) is 20.3. The third kappa shape index (κ3) is 4.44. The minimum atomic E-state index is -0.518. The van der Waals surface area contributed by atoms with Crippen LogP contribution < -0.4 is 11.1 Å². The molecule has 0 aliphatic carbocycles. The van der Waals surface area contributed by atoms with E-state index in [2.05, 4.69) is 10.3 Å². The predicted molar refractivity (Wildman–Crippen MR) is 106 cm³/mol. The van der Waals surface area contributed by atoms with Crippen LogP contribution in [0.4, 0.5) is 5.82 Å². The Bertz CT molecular complexity index is 868. The van der Waals surface area contributed by atoms with Crippen molar-refractivity contribution in [2.24, 2.45) is 11.7 Å². The van der Waals surface area contributed by atoms with Crippen molar-refractivity contribution < 1.29 is 9.59 Å².